The van der Waals surface area contributed by atoms with Gasteiger partial charge in [0.05, 0.1) is 6.10 Å². The molecule has 2 saturated heterocycles. The van der Waals surface area contributed by atoms with E-state index in [0.29, 0.717) is 36.4 Å². The summed E-state index contributed by atoms with van der Waals surface area (Å²) in [6.45, 7) is 6.06. The Labute approximate surface area is 165 Å². The Hall–Kier alpha value is -2.12. The van der Waals surface area contributed by atoms with Crippen molar-refractivity contribution in [1.29, 1.82) is 0 Å². The summed E-state index contributed by atoms with van der Waals surface area (Å²) >= 11 is 0. The van der Waals surface area contributed by atoms with Crippen molar-refractivity contribution in [2.75, 3.05) is 52.5 Å². The molecule has 1 aromatic rings. The topological polar surface area (TPSA) is 68.3 Å². The number of Topliss-reactive ketones (excluding diaryl/α,β-unsaturated/α-hetero) is 1. The van der Waals surface area contributed by atoms with E-state index in [1.54, 1.807) is 18.2 Å². The molecule has 3 aliphatic heterocycles. The Kier molecular flexibility index (Phi) is 6.12. The van der Waals surface area contributed by atoms with Crippen molar-refractivity contribution in [3.8, 4) is 11.5 Å². The van der Waals surface area contributed by atoms with Crippen LogP contribution in [0.2, 0.25) is 0 Å². The molecule has 0 bridgehead atoms. The van der Waals surface area contributed by atoms with Gasteiger partial charge < -0.3 is 19.1 Å². The summed E-state index contributed by atoms with van der Waals surface area (Å²) in [6.07, 6.45) is 3.11. The molecular weight excluding hydrogens is 360 g/mol. The number of nitrogens with zero attached hydrogens (tertiary/aromatic N) is 2. The van der Waals surface area contributed by atoms with Crippen LogP contribution in [-0.4, -0.2) is 80.1 Å². The highest BCUT2D eigenvalue weighted by Gasteiger charge is 2.25. The third kappa shape index (κ3) is 4.64. The molecule has 4 rings (SSSR count). The van der Waals surface area contributed by atoms with Crippen molar-refractivity contribution in [3.63, 3.8) is 0 Å². The van der Waals surface area contributed by atoms with Gasteiger partial charge in [-0.3, -0.25) is 14.5 Å². The van der Waals surface area contributed by atoms with Crippen molar-refractivity contribution < 1.29 is 23.8 Å². The highest BCUT2D eigenvalue weighted by atomic mass is 16.6. The number of piperazine rings is 1. The van der Waals surface area contributed by atoms with Crippen LogP contribution in [0.3, 0.4) is 0 Å². The zero-order valence-corrected chi connectivity index (χ0v) is 16.2. The Morgan fingerprint density at radius 1 is 0.964 bits per heavy atom. The maximum atomic E-state index is 12.5. The summed E-state index contributed by atoms with van der Waals surface area (Å²) < 4.78 is 16.7. The number of hydrogen-bond donors (Lipinski definition) is 0. The predicted molar refractivity (Wildman–Crippen MR) is 103 cm³/mol. The molecule has 0 N–H and O–H groups in total. The number of carbonyl (C=O) groups is 2. The molecule has 1 amide bonds. The summed E-state index contributed by atoms with van der Waals surface area (Å²) in [5.74, 6) is 1.29. The number of ketones is 1. The monoisotopic (exact) mass is 388 g/mol. The van der Waals surface area contributed by atoms with Crippen LogP contribution in [0.25, 0.3) is 0 Å². The molecule has 7 heteroatoms. The van der Waals surface area contributed by atoms with Crippen LogP contribution in [0.15, 0.2) is 18.2 Å². The lowest BCUT2D eigenvalue weighted by atomic mass is 10.1. The SMILES string of the molecule is O=C(CCC(=O)N1CCN(CC2CCCO2)CC1)c1ccc2c(c1)OCCO2. The maximum Gasteiger partial charge on any atom is 0.223 e. The Morgan fingerprint density at radius 3 is 2.50 bits per heavy atom. The highest BCUT2D eigenvalue weighted by molar-refractivity contribution is 5.98. The lowest BCUT2D eigenvalue weighted by molar-refractivity contribution is -0.133. The lowest BCUT2D eigenvalue weighted by Crippen LogP contribution is -2.50. The van der Waals surface area contributed by atoms with E-state index in [1.807, 2.05) is 4.90 Å². The first-order valence-electron chi connectivity index (χ1n) is 10.2. The molecule has 0 radical (unpaired) electrons. The number of carbonyl (C=O) groups excluding carboxylic acids is 2. The minimum atomic E-state index is -0.0395. The number of ether oxygens (including phenoxy) is 3. The third-order valence-electron chi connectivity index (χ3n) is 5.64. The van der Waals surface area contributed by atoms with E-state index in [4.69, 9.17) is 14.2 Å². The molecule has 1 unspecified atom stereocenters. The van der Waals surface area contributed by atoms with Gasteiger partial charge in [-0.2, -0.15) is 0 Å². The molecule has 1 atom stereocenters. The van der Waals surface area contributed by atoms with Gasteiger partial charge in [-0.15, -0.1) is 0 Å². The van der Waals surface area contributed by atoms with Gasteiger partial charge in [-0.05, 0) is 31.0 Å². The van der Waals surface area contributed by atoms with Gasteiger partial charge in [0.1, 0.15) is 13.2 Å². The van der Waals surface area contributed by atoms with E-state index in [2.05, 4.69) is 4.90 Å². The van der Waals surface area contributed by atoms with Crippen LogP contribution in [-0.2, 0) is 9.53 Å². The summed E-state index contributed by atoms with van der Waals surface area (Å²) in [6, 6.07) is 5.21. The minimum Gasteiger partial charge on any atom is -0.486 e. The first-order chi connectivity index (χ1) is 13.7. The summed E-state index contributed by atoms with van der Waals surface area (Å²) in [5.41, 5.74) is 0.568. The number of rotatable bonds is 6. The number of amides is 1. The summed E-state index contributed by atoms with van der Waals surface area (Å²) in [4.78, 5) is 29.2. The second kappa shape index (κ2) is 8.92. The molecule has 152 valence electrons. The fraction of sp³-hybridized carbons (Fsp3) is 0.619. The normalized spacial score (nSPS) is 22.3. The van der Waals surface area contributed by atoms with Crippen molar-refractivity contribution in [2.45, 2.75) is 31.8 Å². The molecule has 2 fully saturated rings. The zero-order chi connectivity index (χ0) is 19.3. The first-order valence-corrected chi connectivity index (χ1v) is 10.2. The average molecular weight is 388 g/mol. The van der Waals surface area contributed by atoms with Crippen molar-refractivity contribution in [3.05, 3.63) is 23.8 Å². The third-order valence-corrected chi connectivity index (χ3v) is 5.64. The predicted octanol–water partition coefficient (Wildman–Crippen LogP) is 1.74. The fourth-order valence-electron chi connectivity index (χ4n) is 4.00. The second-order valence-corrected chi connectivity index (χ2v) is 7.60. The number of fused-ring (bicyclic) bond motifs is 1. The van der Waals surface area contributed by atoms with E-state index in [9.17, 15) is 9.59 Å². The molecule has 0 aliphatic carbocycles. The minimum absolute atomic E-state index is 0.0395. The van der Waals surface area contributed by atoms with Gasteiger partial charge in [0.15, 0.2) is 17.3 Å². The molecule has 0 spiro atoms. The van der Waals surface area contributed by atoms with E-state index in [-0.39, 0.29) is 24.5 Å². The van der Waals surface area contributed by atoms with Crippen molar-refractivity contribution in [2.24, 2.45) is 0 Å². The molecule has 7 nitrogen and oxygen atoms in total. The van der Waals surface area contributed by atoms with Crippen LogP contribution in [0.5, 0.6) is 11.5 Å². The molecular formula is C21H28N2O5. The average Bonchev–Trinajstić information content (AvgIpc) is 3.25. The van der Waals surface area contributed by atoms with Crippen LogP contribution in [0.1, 0.15) is 36.0 Å². The Balaban J connectivity index is 1.21. The van der Waals surface area contributed by atoms with Gasteiger partial charge in [0.2, 0.25) is 5.91 Å². The van der Waals surface area contributed by atoms with Gasteiger partial charge in [-0.1, -0.05) is 0 Å². The number of benzene rings is 1. The van der Waals surface area contributed by atoms with E-state index in [1.165, 1.54) is 0 Å². The van der Waals surface area contributed by atoms with E-state index in [0.717, 1.165) is 52.2 Å². The summed E-state index contributed by atoms with van der Waals surface area (Å²) in [5, 5.41) is 0. The smallest absolute Gasteiger partial charge is 0.223 e. The van der Waals surface area contributed by atoms with Crippen LogP contribution >= 0.6 is 0 Å². The fourth-order valence-corrected chi connectivity index (χ4v) is 4.00. The molecule has 3 heterocycles. The molecule has 3 aliphatic rings. The van der Waals surface area contributed by atoms with Crippen molar-refractivity contribution >= 4 is 11.7 Å². The van der Waals surface area contributed by atoms with Crippen LogP contribution < -0.4 is 9.47 Å². The Bertz CT molecular complexity index is 709. The van der Waals surface area contributed by atoms with Gasteiger partial charge in [0.25, 0.3) is 0 Å². The standard InChI is InChI=1S/C21H28N2O5/c24-18(16-3-5-19-20(14-16)28-13-12-27-19)4-6-21(25)23-9-7-22(8-10-23)15-17-2-1-11-26-17/h3,5,14,17H,1-2,4,6-13,15H2. The summed E-state index contributed by atoms with van der Waals surface area (Å²) in [7, 11) is 0. The van der Waals surface area contributed by atoms with E-state index < -0.39 is 0 Å². The molecule has 0 aromatic heterocycles. The Morgan fingerprint density at radius 2 is 1.75 bits per heavy atom. The maximum absolute atomic E-state index is 12.5. The quantitative estimate of drug-likeness (QED) is 0.692. The zero-order valence-electron chi connectivity index (χ0n) is 16.2. The molecule has 0 saturated carbocycles. The van der Waals surface area contributed by atoms with Crippen LogP contribution in [0.4, 0.5) is 0 Å². The van der Waals surface area contributed by atoms with Gasteiger partial charge >= 0.3 is 0 Å². The first kappa shape index (κ1) is 19.2. The largest absolute Gasteiger partial charge is 0.486 e. The van der Waals surface area contributed by atoms with E-state index >= 15 is 0 Å². The second-order valence-electron chi connectivity index (χ2n) is 7.60. The van der Waals surface area contributed by atoms with Gasteiger partial charge in [0, 0.05) is 57.7 Å². The van der Waals surface area contributed by atoms with Crippen LogP contribution in [0, 0.1) is 0 Å². The van der Waals surface area contributed by atoms with Crippen molar-refractivity contribution in [1.82, 2.24) is 9.80 Å². The molecule has 1 aromatic carbocycles. The number of hydrogen-bond acceptors (Lipinski definition) is 6. The lowest BCUT2D eigenvalue weighted by Gasteiger charge is -2.35. The van der Waals surface area contributed by atoms with Gasteiger partial charge in [-0.25, -0.2) is 0 Å². The molecule has 28 heavy (non-hydrogen) atoms. The highest BCUT2D eigenvalue weighted by Crippen LogP contribution is 2.31.